The van der Waals surface area contributed by atoms with E-state index in [1.807, 2.05) is 0 Å². The molecule has 0 bridgehead atoms. The van der Waals surface area contributed by atoms with Gasteiger partial charge in [0.05, 0.1) is 13.2 Å². The number of hydrogen-bond acceptors (Lipinski definition) is 24. The summed E-state index contributed by atoms with van der Waals surface area (Å²) in [5.74, 6) is -2.30. The van der Waals surface area contributed by atoms with Gasteiger partial charge in [-0.1, -0.05) is 341 Å². The zero-order valence-corrected chi connectivity index (χ0v) is 76.9. The van der Waals surface area contributed by atoms with Crippen molar-refractivity contribution in [1.82, 2.24) is 0 Å². The normalized spacial score (nSPS) is 25.0. The molecule has 1 aliphatic carbocycles. The first-order chi connectivity index (χ1) is 58.6. The van der Waals surface area contributed by atoms with Crippen LogP contribution in [0.15, 0.2) is 24.3 Å². The molecule has 0 aromatic rings. The zero-order chi connectivity index (χ0) is 88.4. The Bertz CT molecular complexity index is 2620. The van der Waals surface area contributed by atoms with E-state index in [-0.39, 0.29) is 25.7 Å². The van der Waals surface area contributed by atoms with Crippen LogP contribution in [0.2, 0.25) is 0 Å². The minimum absolute atomic E-state index is 0.0169. The van der Waals surface area contributed by atoms with E-state index in [1.165, 1.54) is 167 Å². The van der Waals surface area contributed by atoms with E-state index in [1.54, 1.807) is 0 Å². The fourth-order valence-corrected chi connectivity index (χ4v) is 17.2. The molecule has 0 spiro atoms. The summed E-state index contributed by atoms with van der Waals surface area (Å²) in [5, 5.41) is 102. The Morgan fingerprint density at radius 1 is 0.347 bits per heavy atom. The highest BCUT2D eigenvalue weighted by molar-refractivity contribution is 7.47. The van der Waals surface area contributed by atoms with E-state index >= 15 is 0 Å². The van der Waals surface area contributed by atoms with Crippen LogP contribution in [0.1, 0.15) is 420 Å². The summed E-state index contributed by atoms with van der Waals surface area (Å²) < 4.78 is 73.6. The van der Waals surface area contributed by atoms with Crippen molar-refractivity contribution in [1.29, 1.82) is 0 Å². The molecule has 25 nitrogen and oxygen atoms in total. The van der Waals surface area contributed by atoms with Gasteiger partial charge in [0, 0.05) is 25.7 Å². The van der Waals surface area contributed by atoms with Crippen LogP contribution in [0.5, 0.6) is 0 Å². The van der Waals surface area contributed by atoms with Gasteiger partial charge in [-0.25, -0.2) is 4.57 Å². The molecule has 26 heteroatoms. The summed E-state index contributed by atoms with van der Waals surface area (Å²) in [6, 6.07) is 0. The predicted octanol–water partition coefficient (Wildman–Crippen LogP) is 18.7. The number of carbonyl (C=O) groups excluding carboxylic acids is 4. The lowest BCUT2D eigenvalue weighted by molar-refractivity contribution is -0.360. The first kappa shape index (κ1) is 112. The highest BCUT2D eigenvalue weighted by Gasteiger charge is 2.60. The molecular formula is C95H175O25P. The van der Waals surface area contributed by atoms with Crippen molar-refractivity contribution < 1.29 is 122 Å². The third-order valence-electron chi connectivity index (χ3n) is 24.1. The van der Waals surface area contributed by atoms with Crippen LogP contribution in [0.25, 0.3) is 0 Å². The van der Waals surface area contributed by atoms with Crippen molar-refractivity contribution >= 4 is 31.7 Å². The molecule has 3 rings (SSSR count). The van der Waals surface area contributed by atoms with Crippen LogP contribution in [0.3, 0.4) is 0 Å². The Morgan fingerprint density at radius 3 is 1.07 bits per heavy atom. The smallest absolute Gasteiger partial charge is 0.463 e. The quantitative estimate of drug-likeness (QED) is 0.00889. The standard InChI is InChI=1S/C95H175O25P/c1-6-10-14-18-22-25-28-31-34-37-39-42-45-48-55-61-67-79(98)112-73-77-83(102)85(104)89(108)95(116-77)119-92-90(117-81(100)69-63-56-49-46-43-40-36-33-30-27-24-20-16-12-8-3)86(105)87(106)91(118-94-88(107)84(103)82(101)76(70-96)115-94)93(92)120-121(109,110)113-72-75(71-111-78(97)66-60-54-47-44-41-38-35-32-29-26-23-19-15-11-7-2)114-80(99)68-62-57-51-50-53-59-65-74(5)64-58-52-21-17-13-9-4/h26-27,29-30,74-77,82-96,101-108H,6-25,28,31-73H2,1-5H3,(H,109,110)/b29-26-,30-27-. The van der Waals surface area contributed by atoms with Crippen LogP contribution < -0.4 is 0 Å². The SMILES string of the molecule is CCCCCC/C=C\CCCCCCCCCC(=O)OCC(COP(=O)(O)OC1C(OC2OC(CO)C(O)C(O)C2O)C(O)C(O)C(OC(=O)CCCCCCCCC/C=C\CCCCCC)C1OC1OC(COC(=O)CCCCCCCCCCCCCCCCCC)C(O)C(O)C1O)OC(=O)CCCCCCCCC(C)CCCCCCCC. The number of aliphatic hydroxyl groups excluding tert-OH is 9. The minimum atomic E-state index is -5.81. The van der Waals surface area contributed by atoms with Crippen LogP contribution in [0.4, 0.5) is 0 Å². The van der Waals surface area contributed by atoms with Gasteiger partial charge in [0.1, 0.15) is 92.6 Å². The third kappa shape index (κ3) is 52.9. The maximum Gasteiger partial charge on any atom is 0.472 e. The van der Waals surface area contributed by atoms with Gasteiger partial charge >= 0.3 is 31.7 Å². The number of carbonyl (C=O) groups is 4. The summed E-state index contributed by atoms with van der Waals surface area (Å²) in [7, 11) is -5.81. The van der Waals surface area contributed by atoms with Gasteiger partial charge in [0.25, 0.3) is 0 Å². The Kier molecular flexibility index (Phi) is 67.5. The lowest BCUT2D eigenvalue weighted by atomic mass is 9.84. The monoisotopic (exact) mass is 1750 g/mol. The van der Waals surface area contributed by atoms with Gasteiger partial charge in [-0.2, -0.15) is 0 Å². The van der Waals surface area contributed by atoms with Crippen molar-refractivity contribution in [3.63, 3.8) is 0 Å². The number of rotatable bonds is 79. The molecule has 3 fully saturated rings. The average Bonchev–Trinajstić information content (AvgIpc) is 0.754. The second-order valence-corrected chi connectivity index (χ2v) is 36.6. The molecule has 710 valence electrons. The van der Waals surface area contributed by atoms with Crippen molar-refractivity contribution in [2.75, 3.05) is 26.4 Å². The number of hydrogen-bond donors (Lipinski definition) is 10. The van der Waals surface area contributed by atoms with Gasteiger partial charge in [-0.3, -0.25) is 28.2 Å². The summed E-state index contributed by atoms with van der Waals surface area (Å²) >= 11 is 0. The Hall–Kier alpha value is -3.05. The molecule has 10 N–H and O–H groups in total. The molecule has 0 aromatic carbocycles. The highest BCUT2D eigenvalue weighted by atomic mass is 31.2. The molecule has 19 atom stereocenters. The topological polar surface area (TPSA) is 380 Å². The number of phosphoric acid groups is 1. The maximum atomic E-state index is 14.9. The van der Waals surface area contributed by atoms with Gasteiger partial charge in [0.15, 0.2) is 24.8 Å². The van der Waals surface area contributed by atoms with E-state index in [9.17, 15) is 74.6 Å². The number of esters is 4. The highest BCUT2D eigenvalue weighted by Crippen LogP contribution is 2.49. The van der Waals surface area contributed by atoms with Crippen LogP contribution in [-0.4, -0.2) is 205 Å². The Labute approximate surface area is 730 Å². The molecule has 121 heavy (non-hydrogen) atoms. The largest absolute Gasteiger partial charge is 0.472 e. The van der Waals surface area contributed by atoms with Gasteiger partial charge < -0.3 is 88.7 Å². The van der Waals surface area contributed by atoms with E-state index in [4.69, 9.17) is 46.9 Å². The molecule has 2 aliphatic heterocycles. The van der Waals surface area contributed by atoms with Crippen molar-refractivity contribution in [3.8, 4) is 0 Å². The molecule has 19 unspecified atom stereocenters. The first-order valence-electron chi connectivity index (χ1n) is 49.0. The molecule has 3 aliphatic rings. The Morgan fingerprint density at radius 2 is 0.669 bits per heavy atom. The second-order valence-electron chi connectivity index (χ2n) is 35.2. The van der Waals surface area contributed by atoms with Crippen molar-refractivity contribution in [3.05, 3.63) is 24.3 Å². The summed E-state index contributed by atoms with van der Waals surface area (Å²) in [5.41, 5.74) is 0. The van der Waals surface area contributed by atoms with E-state index in [0.29, 0.717) is 38.0 Å². The molecule has 1 saturated carbocycles. The predicted molar refractivity (Wildman–Crippen MR) is 472 cm³/mol. The van der Waals surface area contributed by atoms with Gasteiger partial charge in [-0.15, -0.1) is 0 Å². The lowest BCUT2D eigenvalue weighted by Crippen LogP contribution is -2.70. The molecule has 2 heterocycles. The number of ether oxygens (including phenoxy) is 8. The molecule has 0 amide bonds. The summed E-state index contributed by atoms with van der Waals surface area (Å²) in [6.45, 7) is 7.92. The first-order valence-corrected chi connectivity index (χ1v) is 50.5. The molecule has 2 saturated heterocycles. The number of aliphatic hydroxyl groups is 9. The van der Waals surface area contributed by atoms with Gasteiger partial charge in [-0.05, 0) is 83.0 Å². The van der Waals surface area contributed by atoms with Crippen molar-refractivity contribution in [2.45, 2.75) is 524 Å². The van der Waals surface area contributed by atoms with Crippen LogP contribution in [-0.2, 0) is 70.7 Å². The number of unbranched alkanes of at least 4 members (excludes halogenated alkanes) is 47. The number of allylic oxidation sites excluding steroid dienone is 4. The fourth-order valence-electron chi connectivity index (χ4n) is 16.2. The fraction of sp³-hybridized carbons (Fsp3) is 0.916. The second kappa shape index (κ2) is 72.8. The summed E-state index contributed by atoms with van der Waals surface area (Å²) in [4.78, 5) is 66.6. The molecule has 0 radical (unpaired) electrons. The zero-order valence-electron chi connectivity index (χ0n) is 76.0. The Balaban J connectivity index is 1.91. The summed E-state index contributed by atoms with van der Waals surface area (Å²) in [6.07, 6.45) is 32.9. The third-order valence-corrected chi connectivity index (χ3v) is 25.1. The lowest BCUT2D eigenvalue weighted by Gasteiger charge is -2.50. The van der Waals surface area contributed by atoms with Crippen LogP contribution >= 0.6 is 7.82 Å². The minimum Gasteiger partial charge on any atom is -0.463 e. The van der Waals surface area contributed by atoms with E-state index in [0.717, 1.165) is 161 Å². The molecule has 0 aromatic heterocycles. The van der Waals surface area contributed by atoms with Crippen LogP contribution in [0, 0.1) is 5.92 Å². The maximum absolute atomic E-state index is 14.9. The van der Waals surface area contributed by atoms with Gasteiger partial charge in [0.2, 0.25) is 0 Å². The van der Waals surface area contributed by atoms with E-state index < -0.39 is 162 Å². The number of phosphoric ester groups is 1. The molecular weight excluding hydrogens is 1570 g/mol. The van der Waals surface area contributed by atoms with Crippen molar-refractivity contribution in [2.24, 2.45) is 5.92 Å². The van der Waals surface area contributed by atoms with E-state index in [2.05, 4.69) is 58.9 Å². The average molecular weight is 1750 g/mol.